The molecule has 0 unspecified atom stereocenters. The van der Waals surface area contributed by atoms with E-state index in [4.69, 9.17) is 22.9 Å². The van der Waals surface area contributed by atoms with Crippen LogP contribution in [-0.4, -0.2) is 67.3 Å². The standard InChI is InChI=1S/CH4O.2CH3O.4CH4.2ClH.2Sn/c3*1-2;;;;;;;;/h2H,1H3;2*1H3;4*1H4;2*1H;;/q;2*-1;;;;;;;2*+2/p-2. The average molecular weight is 467 g/mol. The first-order valence-corrected chi connectivity index (χ1v) is 11.6. The number of hydrogen-bond donors (Lipinski definition) is 1. The van der Waals surface area contributed by atoms with Crippen molar-refractivity contribution >= 4 is 58.7 Å². The van der Waals surface area contributed by atoms with Crippen molar-refractivity contribution < 1.29 is 11.3 Å². The average Bonchev–Trinajstić information content (AvgIpc) is 1.96. The summed E-state index contributed by atoms with van der Waals surface area (Å²) in [7, 11) is 14.2. The zero-order chi connectivity index (χ0) is 8.83. The first-order valence-electron chi connectivity index (χ1n) is 2.05. The van der Waals surface area contributed by atoms with Crippen LogP contribution in [0.25, 0.3) is 0 Å². The third-order valence-electron chi connectivity index (χ3n) is 0.167. The van der Waals surface area contributed by atoms with Gasteiger partial charge in [-0.1, -0.05) is 29.7 Å². The van der Waals surface area contributed by atoms with Gasteiger partial charge in [-0.25, -0.2) is 0 Å². The second-order valence-electron chi connectivity index (χ2n) is 0.563. The summed E-state index contributed by atoms with van der Waals surface area (Å²) in [5, 5.41) is 7.00. The van der Waals surface area contributed by atoms with Gasteiger partial charge in [-0.15, -0.1) is 0 Å². The first-order chi connectivity index (χ1) is 4.83. The van der Waals surface area contributed by atoms with Gasteiger partial charge >= 0.3 is 79.1 Å². The minimum absolute atomic E-state index is 0. The Labute approximate surface area is 120 Å². The van der Waals surface area contributed by atoms with Crippen molar-refractivity contribution in [3.8, 4) is 0 Å². The molecule has 0 saturated carbocycles. The summed E-state index contributed by atoms with van der Waals surface area (Å²) in [6.07, 6.45) is 0. The van der Waals surface area contributed by atoms with Crippen LogP contribution >= 0.6 is 17.8 Å². The molecule has 14 heavy (non-hydrogen) atoms. The molecule has 0 amide bonds. The van der Waals surface area contributed by atoms with Gasteiger partial charge in [0.2, 0.25) is 0 Å². The van der Waals surface area contributed by atoms with Gasteiger partial charge in [0.25, 0.3) is 0 Å². The SMILES string of the molecule is C.C.C.C.CO.C[O][Sn][O]C.[Cl][Sn][Cl]. The molecule has 0 saturated heterocycles. The van der Waals surface area contributed by atoms with Gasteiger partial charge < -0.3 is 5.11 Å². The van der Waals surface area contributed by atoms with Gasteiger partial charge in [0, 0.05) is 7.11 Å². The van der Waals surface area contributed by atoms with Crippen molar-refractivity contribution in [1.29, 1.82) is 0 Å². The Bertz CT molecular complexity index is 38.9. The number of rotatable bonds is 2. The third-order valence-corrected chi connectivity index (χ3v) is 1.12. The fourth-order valence-corrected chi connectivity index (χ4v) is 0.559. The quantitative estimate of drug-likeness (QED) is 0.636. The van der Waals surface area contributed by atoms with Crippen LogP contribution in [0.4, 0.5) is 0 Å². The van der Waals surface area contributed by atoms with E-state index in [1.807, 2.05) is 0 Å². The molecular formula is C7H26Cl2O3Sn2. The van der Waals surface area contributed by atoms with E-state index in [1.54, 1.807) is 14.2 Å². The van der Waals surface area contributed by atoms with E-state index in [-0.39, 0.29) is 29.7 Å². The predicted molar refractivity (Wildman–Crippen MR) is 72.3 cm³/mol. The molecule has 0 bridgehead atoms. The summed E-state index contributed by atoms with van der Waals surface area (Å²) in [5.41, 5.74) is 0. The number of aliphatic hydroxyl groups excluding tert-OH is 1. The molecule has 94 valence electrons. The molecule has 0 heterocycles. The van der Waals surface area contributed by atoms with Crippen LogP contribution in [0.2, 0.25) is 0 Å². The monoisotopic (exact) mass is 468 g/mol. The van der Waals surface area contributed by atoms with Crippen LogP contribution in [0.1, 0.15) is 29.7 Å². The zero-order valence-electron chi connectivity index (χ0n) is 6.02. The number of halogens is 2. The van der Waals surface area contributed by atoms with Crippen molar-refractivity contribution in [3.05, 3.63) is 0 Å². The van der Waals surface area contributed by atoms with Crippen LogP contribution in [0.3, 0.4) is 0 Å². The van der Waals surface area contributed by atoms with Gasteiger partial charge in [-0.2, -0.15) is 0 Å². The predicted octanol–water partition coefficient (Wildman–Crippen LogP) is 2.96. The molecule has 1 N–H and O–H groups in total. The Morgan fingerprint density at radius 3 is 1.00 bits per heavy atom. The topological polar surface area (TPSA) is 38.7 Å². The normalized spacial score (nSPS) is 4.71. The van der Waals surface area contributed by atoms with E-state index >= 15 is 0 Å². The second kappa shape index (κ2) is 81.1. The van der Waals surface area contributed by atoms with Crippen molar-refractivity contribution in [2.45, 2.75) is 29.7 Å². The molecule has 0 aromatic heterocycles. The van der Waals surface area contributed by atoms with Crippen LogP contribution in [0.5, 0.6) is 0 Å². The number of hydrogen-bond acceptors (Lipinski definition) is 3. The first kappa shape index (κ1) is 44.4. The van der Waals surface area contributed by atoms with Crippen molar-refractivity contribution in [1.82, 2.24) is 0 Å². The summed E-state index contributed by atoms with van der Waals surface area (Å²) >= 11 is -1.61. The summed E-state index contributed by atoms with van der Waals surface area (Å²) in [6.45, 7) is 0. The van der Waals surface area contributed by atoms with Gasteiger partial charge in [0.1, 0.15) is 0 Å². The van der Waals surface area contributed by atoms with Gasteiger partial charge in [-0.05, 0) is 0 Å². The summed E-state index contributed by atoms with van der Waals surface area (Å²) < 4.78 is 9.28. The van der Waals surface area contributed by atoms with Gasteiger partial charge in [-0.3, -0.25) is 0 Å². The molecule has 0 aliphatic rings. The Morgan fingerprint density at radius 2 is 1.00 bits per heavy atom. The van der Waals surface area contributed by atoms with Crippen LogP contribution in [0, 0.1) is 0 Å². The molecule has 7 heteroatoms. The molecule has 0 aromatic carbocycles. The summed E-state index contributed by atoms with van der Waals surface area (Å²) in [5.74, 6) is 0. The van der Waals surface area contributed by atoms with E-state index in [9.17, 15) is 0 Å². The molecular weight excluding hydrogens is 440 g/mol. The zero-order valence-corrected chi connectivity index (χ0v) is 13.2. The van der Waals surface area contributed by atoms with E-state index in [1.165, 1.54) is 0 Å². The molecule has 0 aromatic rings. The summed E-state index contributed by atoms with van der Waals surface area (Å²) in [4.78, 5) is 0. The van der Waals surface area contributed by atoms with E-state index in [0.29, 0.717) is 0 Å². The van der Waals surface area contributed by atoms with Crippen molar-refractivity contribution in [2.24, 2.45) is 0 Å². The second-order valence-corrected chi connectivity index (χ2v) is 7.61. The molecule has 0 atom stereocenters. The Morgan fingerprint density at radius 1 is 0.857 bits per heavy atom. The maximum atomic E-state index is 7.00. The minimum atomic E-state index is -0.826. The molecule has 0 fully saturated rings. The van der Waals surface area contributed by atoms with E-state index in [0.717, 1.165) is 7.11 Å². The van der Waals surface area contributed by atoms with Crippen LogP contribution in [-0.2, 0) is 6.15 Å². The molecule has 3 nitrogen and oxygen atoms in total. The van der Waals surface area contributed by atoms with Gasteiger partial charge in [0.05, 0.1) is 0 Å². The Hall–Kier alpha value is 2.06. The molecule has 4 radical (unpaired) electrons. The molecule has 0 rings (SSSR count). The van der Waals surface area contributed by atoms with Gasteiger partial charge in [0.15, 0.2) is 0 Å². The maximum absolute atomic E-state index is 7.00. The third kappa shape index (κ3) is 146. The van der Waals surface area contributed by atoms with E-state index in [2.05, 4.69) is 6.15 Å². The van der Waals surface area contributed by atoms with Crippen LogP contribution in [0.15, 0.2) is 0 Å². The Balaban J connectivity index is -0.00000000993. The Kier molecular flexibility index (Phi) is 257. The molecule has 0 aliphatic carbocycles. The summed E-state index contributed by atoms with van der Waals surface area (Å²) in [6, 6.07) is 0. The molecule has 0 spiro atoms. The van der Waals surface area contributed by atoms with Crippen molar-refractivity contribution in [3.63, 3.8) is 0 Å². The molecule has 0 aliphatic heterocycles. The fourth-order valence-electron chi connectivity index (χ4n) is 0.0833. The van der Waals surface area contributed by atoms with Crippen molar-refractivity contribution in [2.75, 3.05) is 21.3 Å². The number of aliphatic hydroxyl groups is 1. The van der Waals surface area contributed by atoms with E-state index < -0.39 is 40.9 Å². The van der Waals surface area contributed by atoms with Crippen LogP contribution < -0.4 is 0 Å². The fraction of sp³-hybridized carbons (Fsp3) is 1.00.